The van der Waals surface area contributed by atoms with E-state index in [-0.39, 0.29) is 18.1 Å². The summed E-state index contributed by atoms with van der Waals surface area (Å²) in [6.07, 6.45) is -0.628. The summed E-state index contributed by atoms with van der Waals surface area (Å²) in [5.41, 5.74) is 2.11. The number of benzene rings is 1. The zero-order valence-corrected chi connectivity index (χ0v) is 20.2. The minimum Gasteiger partial charge on any atom is -0.444 e. The molecule has 1 saturated heterocycles. The number of nitrogens with zero attached hydrogens (tertiary/aromatic N) is 2. The van der Waals surface area contributed by atoms with Gasteiger partial charge in [0.15, 0.2) is 0 Å². The van der Waals surface area contributed by atoms with Crippen molar-refractivity contribution < 1.29 is 19.1 Å². The van der Waals surface area contributed by atoms with E-state index in [1.807, 2.05) is 17.5 Å². The van der Waals surface area contributed by atoms with Crippen molar-refractivity contribution in [3.8, 4) is 0 Å². The summed E-state index contributed by atoms with van der Waals surface area (Å²) in [6.45, 7) is 11.7. The lowest BCUT2D eigenvalue weighted by Crippen LogP contribution is -2.48. The van der Waals surface area contributed by atoms with Crippen molar-refractivity contribution in [3.05, 3.63) is 35.2 Å². The molecular weight excluding hydrogens is 428 g/mol. The molecule has 8 nitrogen and oxygen atoms in total. The maximum atomic E-state index is 12.2. The standard InChI is InChI=1S/C23H32N4O4S/c1-22(2,3)31-21(29)24-12-20(28)26-19-14-32-13-18(25-19)16-7-6-8-17(11-16)27-9-10-30-23(4,5)15-27/h6-8,11,13H,9-10,12,14-15H2,1-5H3,(H,24,29)(H,25,26,28). The van der Waals surface area contributed by atoms with Crippen LogP contribution in [0.4, 0.5) is 10.5 Å². The van der Waals surface area contributed by atoms with Gasteiger partial charge in [-0.05, 0) is 52.2 Å². The number of morpholine rings is 1. The third-order valence-corrected chi connectivity index (χ3v) is 5.51. The van der Waals surface area contributed by atoms with Crippen molar-refractivity contribution in [3.63, 3.8) is 0 Å². The molecule has 2 heterocycles. The van der Waals surface area contributed by atoms with E-state index >= 15 is 0 Å². The Morgan fingerprint density at radius 3 is 2.81 bits per heavy atom. The summed E-state index contributed by atoms with van der Waals surface area (Å²) in [4.78, 5) is 30.9. The van der Waals surface area contributed by atoms with Gasteiger partial charge in [0.1, 0.15) is 18.0 Å². The van der Waals surface area contributed by atoms with Gasteiger partial charge in [-0.2, -0.15) is 0 Å². The molecule has 2 aliphatic heterocycles. The highest BCUT2D eigenvalue weighted by atomic mass is 32.2. The van der Waals surface area contributed by atoms with Crippen LogP contribution in [0.25, 0.3) is 5.70 Å². The lowest BCUT2D eigenvalue weighted by atomic mass is 10.1. The van der Waals surface area contributed by atoms with Crippen molar-refractivity contribution in [2.45, 2.75) is 45.8 Å². The van der Waals surface area contributed by atoms with Gasteiger partial charge in [0.25, 0.3) is 0 Å². The van der Waals surface area contributed by atoms with Gasteiger partial charge in [-0.25, -0.2) is 9.79 Å². The Bertz CT molecular complexity index is 921. The average Bonchev–Trinajstić information content (AvgIpc) is 2.71. The van der Waals surface area contributed by atoms with Crippen molar-refractivity contribution in [1.82, 2.24) is 10.6 Å². The lowest BCUT2D eigenvalue weighted by Gasteiger charge is -2.39. The van der Waals surface area contributed by atoms with Crippen LogP contribution in [-0.4, -0.2) is 61.0 Å². The summed E-state index contributed by atoms with van der Waals surface area (Å²) in [5.74, 6) is 0.765. The number of alkyl carbamates (subject to hydrolysis) is 1. The molecule has 2 amide bonds. The topological polar surface area (TPSA) is 92.3 Å². The number of hydrogen-bond donors (Lipinski definition) is 2. The zero-order chi connectivity index (χ0) is 23.4. The SMILES string of the molecule is CC(C)(C)OC(=O)NCC(=O)NC1=NC(c2cccc(N3CCOC(C)(C)C3)c2)=CSC1. The van der Waals surface area contributed by atoms with Crippen LogP contribution in [0.1, 0.15) is 40.2 Å². The number of amides is 2. The molecule has 3 rings (SSSR count). The quantitative estimate of drug-likeness (QED) is 0.716. The molecule has 1 fully saturated rings. The minimum atomic E-state index is -0.628. The normalized spacial score (nSPS) is 18.3. The van der Waals surface area contributed by atoms with Crippen LogP contribution in [0.5, 0.6) is 0 Å². The first kappa shape index (κ1) is 24.1. The van der Waals surface area contributed by atoms with Gasteiger partial charge >= 0.3 is 6.09 Å². The van der Waals surface area contributed by atoms with E-state index < -0.39 is 11.7 Å². The molecule has 0 unspecified atom stereocenters. The number of anilines is 1. The van der Waals surface area contributed by atoms with Crippen molar-refractivity contribution >= 4 is 41.0 Å². The van der Waals surface area contributed by atoms with Gasteiger partial charge in [0.2, 0.25) is 5.91 Å². The van der Waals surface area contributed by atoms with Crippen LogP contribution in [0.15, 0.2) is 34.7 Å². The highest BCUT2D eigenvalue weighted by Crippen LogP contribution is 2.29. The molecule has 1 aromatic rings. The predicted octanol–water partition coefficient (Wildman–Crippen LogP) is 3.39. The van der Waals surface area contributed by atoms with E-state index in [0.717, 1.165) is 30.0 Å². The Hall–Kier alpha value is -2.52. The fourth-order valence-electron chi connectivity index (χ4n) is 3.37. The van der Waals surface area contributed by atoms with E-state index in [4.69, 9.17) is 9.47 Å². The van der Waals surface area contributed by atoms with Crippen molar-refractivity contribution in [2.75, 3.05) is 36.9 Å². The molecule has 2 N–H and O–H groups in total. The molecular formula is C23H32N4O4S. The summed E-state index contributed by atoms with van der Waals surface area (Å²) < 4.78 is 11.0. The summed E-state index contributed by atoms with van der Waals surface area (Å²) in [5, 5.41) is 7.23. The Morgan fingerprint density at radius 2 is 2.09 bits per heavy atom. The van der Waals surface area contributed by atoms with E-state index in [1.165, 1.54) is 0 Å². The highest BCUT2D eigenvalue weighted by molar-refractivity contribution is 8.03. The number of aliphatic imine (C=N–C) groups is 1. The second kappa shape index (κ2) is 9.95. The summed E-state index contributed by atoms with van der Waals surface area (Å²) in [6, 6.07) is 8.24. The molecule has 0 bridgehead atoms. The van der Waals surface area contributed by atoms with Crippen LogP contribution in [0.3, 0.4) is 0 Å². The van der Waals surface area contributed by atoms with E-state index in [0.29, 0.717) is 18.2 Å². The predicted molar refractivity (Wildman–Crippen MR) is 129 cm³/mol. The smallest absolute Gasteiger partial charge is 0.408 e. The second-order valence-corrected chi connectivity index (χ2v) is 10.2. The molecule has 2 aliphatic rings. The zero-order valence-electron chi connectivity index (χ0n) is 19.4. The van der Waals surface area contributed by atoms with Gasteiger partial charge in [-0.3, -0.25) is 4.79 Å². The fourth-order valence-corrected chi connectivity index (χ4v) is 4.10. The Labute approximate surface area is 193 Å². The molecule has 0 atom stereocenters. The monoisotopic (exact) mass is 460 g/mol. The average molecular weight is 461 g/mol. The minimum absolute atomic E-state index is 0.181. The van der Waals surface area contributed by atoms with Crippen LogP contribution in [0.2, 0.25) is 0 Å². The first-order valence-corrected chi connectivity index (χ1v) is 11.7. The van der Waals surface area contributed by atoms with Crippen LogP contribution >= 0.6 is 11.8 Å². The number of ether oxygens (including phenoxy) is 2. The Kier molecular flexibility index (Phi) is 7.51. The van der Waals surface area contributed by atoms with Gasteiger partial charge in [-0.1, -0.05) is 12.1 Å². The largest absolute Gasteiger partial charge is 0.444 e. The molecule has 0 aromatic heterocycles. The summed E-state index contributed by atoms with van der Waals surface area (Å²) >= 11 is 1.57. The van der Waals surface area contributed by atoms with Gasteiger partial charge in [0.05, 0.1) is 23.7 Å². The van der Waals surface area contributed by atoms with E-state index in [1.54, 1.807) is 32.5 Å². The number of carbonyl (C=O) groups is 2. The molecule has 0 saturated carbocycles. The molecule has 0 radical (unpaired) electrons. The molecule has 9 heteroatoms. The number of rotatable bonds is 4. The van der Waals surface area contributed by atoms with E-state index in [2.05, 4.69) is 46.5 Å². The molecule has 0 spiro atoms. The Morgan fingerprint density at radius 1 is 1.31 bits per heavy atom. The molecule has 1 aromatic carbocycles. The third kappa shape index (κ3) is 7.27. The first-order chi connectivity index (χ1) is 15.0. The van der Waals surface area contributed by atoms with Crippen molar-refractivity contribution in [2.24, 2.45) is 4.99 Å². The number of thioether (sulfide) groups is 1. The van der Waals surface area contributed by atoms with Crippen molar-refractivity contribution in [1.29, 1.82) is 0 Å². The first-order valence-electron chi connectivity index (χ1n) is 10.7. The molecule has 174 valence electrons. The van der Waals surface area contributed by atoms with Gasteiger partial charge in [-0.15, -0.1) is 11.8 Å². The van der Waals surface area contributed by atoms with Gasteiger partial charge in [0, 0.05) is 24.3 Å². The van der Waals surface area contributed by atoms with Crippen LogP contribution in [0, 0.1) is 0 Å². The second-order valence-electron chi connectivity index (χ2n) is 9.36. The van der Waals surface area contributed by atoms with E-state index in [9.17, 15) is 9.59 Å². The number of nitrogens with one attached hydrogen (secondary N) is 2. The molecule has 32 heavy (non-hydrogen) atoms. The summed E-state index contributed by atoms with van der Waals surface area (Å²) in [7, 11) is 0. The highest BCUT2D eigenvalue weighted by Gasteiger charge is 2.27. The third-order valence-electron chi connectivity index (χ3n) is 4.68. The molecule has 0 aliphatic carbocycles. The lowest BCUT2D eigenvalue weighted by molar-refractivity contribution is -0.118. The maximum Gasteiger partial charge on any atom is 0.408 e. The number of carbonyl (C=O) groups excluding carboxylic acids is 2. The van der Waals surface area contributed by atoms with Crippen LogP contribution < -0.4 is 15.5 Å². The van der Waals surface area contributed by atoms with Crippen LogP contribution in [-0.2, 0) is 14.3 Å². The fraction of sp³-hybridized carbons (Fsp3) is 0.522. The number of amidine groups is 1. The maximum absolute atomic E-state index is 12.2. The Balaban J connectivity index is 1.61. The van der Waals surface area contributed by atoms with Gasteiger partial charge < -0.3 is 25.0 Å². The number of hydrogen-bond acceptors (Lipinski definition) is 7.